The Morgan fingerprint density at radius 1 is 1.17 bits per heavy atom. The van der Waals surface area contributed by atoms with Gasteiger partial charge in [0, 0.05) is 0 Å². The zero-order valence-electron chi connectivity index (χ0n) is 12.4. The number of hydrogen-bond donors (Lipinski definition) is 0. The Balaban J connectivity index is 1.73. The van der Waals surface area contributed by atoms with Gasteiger partial charge in [0.05, 0.1) is 11.8 Å². The molecule has 0 spiro atoms. The molecule has 2 rings (SSSR count). The minimum atomic E-state index is -4.27. The van der Waals surface area contributed by atoms with Gasteiger partial charge in [0.15, 0.2) is 11.6 Å². The minimum Gasteiger partial charge on any atom is -0.487 e. The van der Waals surface area contributed by atoms with Crippen LogP contribution in [0.5, 0.6) is 5.75 Å². The molecule has 0 N–H and O–H groups in total. The number of rotatable bonds is 5. The lowest BCUT2D eigenvalue weighted by Crippen LogP contribution is -2.33. The van der Waals surface area contributed by atoms with Crippen LogP contribution in [0.4, 0.5) is 17.6 Å². The third kappa shape index (κ3) is 5.11. The van der Waals surface area contributed by atoms with E-state index in [1.807, 2.05) is 0 Å². The van der Waals surface area contributed by atoms with Gasteiger partial charge >= 0.3 is 12.1 Å². The summed E-state index contributed by atoms with van der Waals surface area (Å²) in [4.78, 5) is 11.8. The van der Waals surface area contributed by atoms with Crippen molar-refractivity contribution in [1.29, 1.82) is 0 Å². The van der Waals surface area contributed by atoms with E-state index in [0.29, 0.717) is 12.8 Å². The van der Waals surface area contributed by atoms with Gasteiger partial charge in [-0.2, -0.15) is 13.2 Å². The third-order valence-corrected chi connectivity index (χ3v) is 3.89. The summed E-state index contributed by atoms with van der Waals surface area (Å²) >= 11 is 0. The molecule has 2 atom stereocenters. The van der Waals surface area contributed by atoms with Crippen molar-refractivity contribution < 1.29 is 31.8 Å². The van der Waals surface area contributed by atoms with Crippen LogP contribution in [-0.4, -0.2) is 25.4 Å². The summed E-state index contributed by atoms with van der Waals surface area (Å²) in [6.07, 6.45) is -3.68. The van der Waals surface area contributed by atoms with Crippen LogP contribution in [0.2, 0.25) is 0 Å². The van der Waals surface area contributed by atoms with E-state index in [9.17, 15) is 22.4 Å². The first-order chi connectivity index (χ1) is 10.9. The van der Waals surface area contributed by atoms with E-state index in [-0.39, 0.29) is 31.8 Å². The second-order valence-corrected chi connectivity index (χ2v) is 5.55. The SMILES string of the molecule is O=C(OCCOc1ccccc1F)[C@@H]1CCC[C@H](C(F)(F)F)C1. The maximum absolute atomic E-state index is 13.3. The quantitative estimate of drug-likeness (QED) is 0.462. The Kier molecular flexibility index (Phi) is 5.85. The normalized spacial score (nSPS) is 21.7. The van der Waals surface area contributed by atoms with Crippen molar-refractivity contribution in [3.05, 3.63) is 30.1 Å². The Morgan fingerprint density at radius 2 is 1.91 bits per heavy atom. The first-order valence-electron chi connectivity index (χ1n) is 7.48. The average molecular weight is 334 g/mol. The lowest BCUT2D eigenvalue weighted by atomic mass is 9.81. The van der Waals surface area contributed by atoms with E-state index in [0.717, 1.165) is 0 Å². The van der Waals surface area contributed by atoms with Gasteiger partial charge in [-0.25, -0.2) is 4.39 Å². The number of carbonyl (C=O) groups excluding carboxylic acids is 1. The Labute approximate surface area is 131 Å². The molecule has 1 aliphatic rings. The minimum absolute atomic E-state index is 0.0401. The Hall–Kier alpha value is -1.79. The average Bonchev–Trinajstić information content (AvgIpc) is 2.52. The second kappa shape index (κ2) is 7.66. The molecule has 1 aromatic carbocycles. The second-order valence-electron chi connectivity index (χ2n) is 5.55. The highest BCUT2D eigenvalue weighted by Crippen LogP contribution is 2.40. The summed E-state index contributed by atoms with van der Waals surface area (Å²) in [6.45, 7) is -0.178. The van der Waals surface area contributed by atoms with Crippen LogP contribution in [0.15, 0.2) is 24.3 Å². The maximum atomic E-state index is 13.3. The number of carbonyl (C=O) groups is 1. The van der Waals surface area contributed by atoms with Crippen LogP contribution in [0.1, 0.15) is 25.7 Å². The number of halogens is 4. The first kappa shape index (κ1) is 17.6. The highest BCUT2D eigenvalue weighted by atomic mass is 19.4. The summed E-state index contributed by atoms with van der Waals surface area (Å²) in [7, 11) is 0. The van der Waals surface area contributed by atoms with Crippen molar-refractivity contribution >= 4 is 5.97 Å². The molecule has 0 unspecified atom stereocenters. The van der Waals surface area contributed by atoms with Gasteiger partial charge in [-0.3, -0.25) is 4.79 Å². The molecule has 0 bridgehead atoms. The van der Waals surface area contributed by atoms with Crippen LogP contribution in [0, 0.1) is 17.7 Å². The summed E-state index contributed by atoms with van der Waals surface area (Å²) in [6, 6.07) is 5.79. The first-order valence-corrected chi connectivity index (χ1v) is 7.48. The molecule has 0 radical (unpaired) electrons. The van der Waals surface area contributed by atoms with Gasteiger partial charge < -0.3 is 9.47 Å². The molecule has 1 aliphatic carbocycles. The molecular weight excluding hydrogens is 316 g/mol. The molecule has 0 aliphatic heterocycles. The standard InChI is InChI=1S/C16H18F4O3/c17-13-6-1-2-7-14(13)22-8-9-23-15(21)11-4-3-5-12(10-11)16(18,19)20/h1-2,6-7,11-12H,3-5,8-10H2/t11-,12+/m1/s1. The molecule has 0 aromatic heterocycles. The molecule has 3 nitrogen and oxygen atoms in total. The van der Waals surface area contributed by atoms with Crippen LogP contribution in [-0.2, 0) is 9.53 Å². The molecule has 1 aromatic rings. The highest BCUT2D eigenvalue weighted by molar-refractivity contribution is 5.72. The predicted molar refractivity (Wildman–Crippen MR) is 74.4 cm³/mol. The monoisotopic (exact) mass is 334 g/mol. The largest absolute Gasteiger partial charge is 0.487 e. The summed E-state index contributed by atoms with van der Waals surface area (Å²) in [5, 5.41) is 0. The predicted octanol–water partition coefficient (Wildman–Crippen LogP) is 4.12. The van der Waals surface area contributed by atoms with Crippen LogP contribution in [0.25, 0.3) is 0 Å². The van der Waals surface area contributed by atoms with Gasteiger partial charge in [-0.15, -0.1) is 0 Å². The van der Waals surface area contributed by atoms with E-state index in [1.54, 1.807) is 6.07 Å². The fourth-order valence-electron chi connectivity index (χ4n) is 2.67. The Bertz CT molecular complexity index is 530. The van der Waals surface area contributed by atoms with Gasteiger partial charge in [-0.1, -0.05) is 18.6 Å². The van der Waals surface area contributed by atoms with Crippen LogP contribution < -0.4 is 4.74 Å². The molecule has 0 heterocycles. The van der Waals surface area contributed by atoms with E-state index in [2.05, 4.69) is 0 Å². The summed E-state index contributed by atoms with van der Waals surface area (Å²) < 4.78 is 61.5. The van der Waals surface area contributed by atoms with Crippen molar-refractivity contribution in [1.82, 2.24) is 0 Å². The molecule has 128 valence electrons. The van der Waals surface area contributed by atoms with Gasteiger partial charge in [0.1, 0.15) is 13.2 Å². The molecule has 0 amide bonds. The third-order valence-electron chi connectivity index (χ3n) is 3.89. The van der Waals surface area contributed by atoms with Crippen molar-refractivity contribution in [2.24, 2.45) is 11.8 Å². The van der Waals surface area contributed by atoms with E-state index in [1.165, 1.54) is 18.2 Å². The lowest BCUT2D eigenvalue weighted by Gasteiger charge is -2.29. The molecule has 0 saturated heterocycles. The number of hydrogen-bond acceptors (Lipinski definition) is 3. The fourth-order valence-corrected chi connectivity index (χ4v) is 2.67. The van der Waals surface area contributed by atoms with Gasteiger partial charge in [-0.05, 0) is 31.4 Å². The fraction of sp³-hybridized carbons (Fsp3) is 0.562. The van der Waals surface area contributed by atoms with Crippen molar-refractivity contribution in [3.63, 3.8) is 0 Å². The Morgan fingerprint density at radius 3 is 2.61 bits per heavy atom. The molecule has 1 saturated carbocycles. The molecule has 7 heteroatoms. The molecule has 1 fully saturated rings. The summed E-state index contributed by atoms with van der Waals surface area (Å²) in [5.41, 5.74) is 0. The van der Waals surface area contributed by atoms with E-state index in [4.69, 9.17) is 9.47 Å². The lowest BCUT2D eigenvalue weighted by molar-refractivity contribution is -0.189. The number of esters is 1. The zero-order valence-corrected chi connectivity index (χ0v) is 12.4. The maximum Gasteiger partial charge on any atom is 0.391 e. The van der Waals surface area contributed by atoms with Crippen LogP contribution >= 0.6 is 0 Å². The zero-order chi connectivity index (χ0) is 16.9. The van der Waals surface area contributed by atoms with E-state index >= 15 is 0 Å². The smallest absolute Gasteiger partial charge is 0.391 e. The number of para-hydroxylation sites is 1. The van der Waals surface area contributed by atoms with E-state index < -0.39 is 29.8 Å². The van der Waals surface area contributed by atoms with Crippen LogP contribution in [0.3, 0.4) is 0 Å². The molecule has 23 heavy (non-hydrogen) atoms. The van der Waals surface area contributed by atoms with Gasteiger partial charge in [0.25, 0.3) is 0 Å². The molecular formula is C16H18F4O3. The summed E-state index contributed by atoms with van der Waals surface area (Å²) in [5.74, 6) is -3.30. The highest BCUT2D eigenvalue weighted by Gasteiger charge is 2.43. The van der Waals surface area contributed by atoms with Crippen molar-refractivity contribution in [2.45, 2.75) is 31.9 Å². The number of benzene rings is 1. The topological polar surface area (TPSA) is 35.5 Å². The van der Waals surface area contributed by atoms with Crippen molar-refractivity contribution in [3.8, 4) is 5.75 Å². The number of ether oxygens (including phenoxy) is 2. The van der Waals surface area contributed by atoms with Crippen molar-refractivity contribution in [2.75, 3.05) is 13.2 Å². The van der Waals surface area contributed by atoms with Gasteiger partial charge in [0.2, 0.25) is 0 Å². The number of alkyl halides is 3.